The van der Waals surface area contributed by atoms with Crippen LogP contribution in [0, 0.1) is 12.8 Å². The van der Waals surface area contributed by atoms with Crippen molar-refractivity contribution in [3.8, 4) is 0 Å². The molecule has 0 bridgehead atoms. The van der Waals surface area contributed by atoms with Crippen molar-refractivity contribution < 1.29 is 4.79 Å². The molecule has 4 rings (SSSR count). The third-order valence-corrected chi connectivity index (χ3v) is 5.36. The van der Waals surface area contributed by atoms with Gasteiger partial charge in [-0.3, -0.25) is 9.48 Å². The lowest BCUT2D eigenvalue weighted by Crippen LogP contribution is -2.15. The molecule has 3 aromatic rings. The fraction of sp³-hybridized carbons (Fsp3) is 0.238. The molecule has 2 aromatic carbocycles. The number of anilines is 1. The van der Waals surface area contributed by atoms with Crippen LogP contribution in [0.15, 0.2) is 65.3 Å². The Morgan fingerprint density at radius 2 is 1.92 bits per heavy atom. The zero-order chi connectivity index (χ0) is 18.1. The summed E-state index contributed by atoms with van der Waals surface area (Å²) >= 11 is 3.50. The predicted octanol–water partition coefficient (Wildman–Crippen LogP) is 4.74. The molecule has 1 aliphatic rings. The minimum Gasteiger partial charge on any atom is -0.308 e. The molecule has 4 nitrogen and oxygen atoms in total. The Kier molecular flexibility index (Phi) is 4.64. The minimum atomic E-state index is 0.0338. The Labute approximate surface area is 161 Å². The van der Waals surface area contributed by atoms with Crippen molar-refractivity contribution >= 4 is 27.7 Å². The molecule has 0 aliphatic heterocycles. The van der Waals surface area contributed by atoms with Gasteiger partial charge in [-0.05, 0) is 46.3 Å². The van der Waals surface area contributed by atoms with Gasteiger partial charge in [-0.25, -0.2) is 0 Å². The van der Waals surface area contributed by atoms with Gasteiger partial charge in [0.2, 0.25) is 5.91 Å². The van der Waals surface area contributed by atoms with E-state index in [0.717, 1.165) is 10.9 Å². The fourth-order valence-electron chi connectivity index (χ4n) is 3.21. The first-order chi connectivity index (χ1) is 12.6. The van der Waals surface area contributed by atoms with Crippen LogP contribution < -0.4 is 5.32 Å². The van der Waals surface area contributed by atoms with Gasteiger partial charge in [-0.1, -0.05) is 60.2 Å². The SMILES string of the molecule is Cc1ccc(Cn2cc(Br)c(NC(=O)C3CC3c3ccccc3)n2)cc1. The highest BCUT2D eigenvalue weighted by Crippen LogP contribution is 2.48. The number of nitrogens with one attached hydrogen (secondary N) is 1. The molecule has 1 saturated carbocycles. The number of halogens is 1. The van der Waals surface area contributed by atoms with Gasteiger partial charge in [0.1, 0.15) is 0 Å². The van der Waals surface area contributed by atoms with Crippen LogP contribution in [-0.2, 0) is 11.3 Å². The van der Waals surface area contributed by atoms with E-state index in [1.54, 1.807) is 0 Å². The van der Waals surface area contributed by atoms with E-state index in [4.69, 9.17) is 0 Å². The second-order valence-electron chi connectivity index (χ2n) is 6.86. The van der Waals surface area contributed by atoms with Crippen molar-refractivity contribution in [3.05, 3.63) is 82.0 Å². The van der Waals surface area contributed by atoms with Crippen LogP contribution in [0.5, 0.6) is 0 Å². The smallest absolute Gasteiger partial charge is 0.229 e. The maximum Gasteiger partial charge on any atom is 0.229 e. The van der Waals surface area contributed by atoms with E-state index in [0.29, 0.717) is 18.3 Å². The van der Waals surface area contributed by atoms with Crippen molar-refractivity contribution in [2.75, 3.05) is 5.32 Å². The first kappa shape index (κ1) is 17.0. The zero-order valence-electron chi connectivity index (χ0n) is 14.5. The van der Waals surface area contributed by atoms with Gasteiger partial charge in [0.15, 0.2) is 5.82 Å². The van der Waals surface area contributed by atoms with E-state index in [1.165, 1.54) is 16.7 Å². The van der Waals surface area contributed by atoms with Crippen LogP contribution in [0.25, 0.3) is 0 Å². The Bertz CT molecular complexity index is 918. The average Bonchev–Trinajstić information content (AvgIpc) is 3.38. The summed E-state index contributed by atoms with van der Waals surface area (Å²) < 4.78 is 2.64. The monoisotopic (exact) mass is 409 g/mol. The number of hydrogen-bond donors (Lipinski definition) is 1. The van der Waals surface area contributed by atoms with Crippen LogP contribution in [0.2, 0.25) is 0 Å². The molecule has 1 amide bonds. The molecular weight excluding hydrogens is 390 g/mol. The van der Waals surface area contributed by atoms with Gasteiger partial charge in [-0.2, -0.15) is 5.10 Å². The lowest BCUT2D eigenvalue weighted by atomic mass is 10.1. The summed E-state index contributed by atoms with van der Waals surface area (Å²) in [6.45, 7) is 2.74. The first-order valence-electron chi connectivity index (χ1n) is 8.74. The number of carbonyl (C=O) groups is 1. The lowest BCUT2D eigenvalue weighted by Gasteiger charge is -2.04. The number of hydrogen-bond acceptors (Lipinski definition) is 2. The van der Waals surface area contributed by atoms with Gasteiger partial charge in [0, 0.05) is 12.1 Å². The summed E-state index contributed by atoms with van der Waals surface area (Å²) in [4.78, 5) is 12.5. The molecule has 132 valence electrons. The number of nitrogens with zero attached hydrogens (tertiary/aromatic N) is 2. The standard InChI is InChI=1S/C21H20BrN3O/c1-14-7-9-15(10-8-14)12-25-13-19(22)20(24-25)23-21(26)18-11-17(18)16-5-3-2-4-6-16/h2-10,13,17-18H,11-12H2,1H3,(H,23,24,26). The molecule has 0 radical (unpaired) electrons. The Balaban J connectivity index is 1.40. The minimum absolute atomic E-state index is 0.0338. The van der Waals surface area contributed by atoms with Crippen molar-refractivity contribution in [1.82, 2.24) is 9.78 Å². The molecule has 2 unspecified atom stereocenters. The highest BCUT2D eigenvalue weighted by Gasteiger charge is 2.44. The predicted molar refractivity (Wildman–Crippen MR) is 106 cm³/mol. The first-order valence-corrected chi connectivity index (χ1v) is 9.54. The molecule has 5 heteroatoms. The Morgan fingerprint density at radius 1 is 1.19 bits per heavy atom. The van der Waals surface area contributed by atoms with Gasteiger partial charge in [0.05, 0.1) is 11.0 Å². The second-order valence-corrected chi connectivity index (χ2v) is 7.71. The summed E-state index contributed by atoms with van der Waals surface area (Å²) in [7, 11) is 0. The van der Waals surface area contributed by atoms with Crippen LogP contribution >= 0.6 is 15.9 Å². The maximum atomic E-state index is 12.5. The van der Waals surface area contributed by atoms with Crippen molar-refractivity contribution in [2.45, 2.75) is 25.8 Å². The number of carbonyl (C=O) groups excluding carboxylic acids is 1. The van der Waals surface area contributed by atoms with Crippen LogP contribution in [0.4, 0.5) is 5.82 Å². The molecule has 1 aliphatic carbocycles. The van der Waals surface area contributed by atoms with E-state index in [-0.39, 0.29) is 11.8 Å². The third-order valence-electron chi connectivity index (χ3n) is 4.78. The topological polar surface area (TPSA) is 46.9 Å². The van der Waals surface area contributed by atoms with E-state index in [2.05, 4.69) is 69.7 Å². The molecule has 1 aromatic heterocycles. The second kappa shape index (κ2) is 7.08. The molecule has 26 heavy (non-hydrogen) atoms. The largest absolute Gasteiger partial charge is 0.308 e. The maximum absolute atomic E-state index is 12.5. The molecule has 1 heterocycles. The van der Waals surface area contributed by atoms with Gasteiger partial charge in [-0.15, -0.1) is 0 Å². The lowest BCUT2D eigenvalue weighted by molar-refractivity contribution is -0.117. The Morgan fingerprint density at radius 3 is 2.65 bits per heavy atom. The number of rotatable bonds is 5. The van der Waals surface area contributed by atoms with E-state index in [9.17, 15) is 4.79 Å². The number of aromatic nitrogens is 2. The highest BCUT2D eigenvalue weighted by atomic mass is 79.9. The molecule has 0 spiro atoms. The molecule has 0 saturated heterocycles. The average molecular weight is 410 g/mol. The fourth-order valence-corrected chi connectivity index (χ4v) is 3.62. The number of aryl methyl sites for hydroxylation is 1. The zero-order valence-corrected chi connectivity index (χ0v) is 16.1. The van der Waals surface area contributed by atoms with E-state index in [1.807, 2.05) is 29.1 Å². The van der Waals surface area contributed by atoms with Gasteiger partial charge < -0.3 is 5.32 Å². The molecule has 2 atom stereocenters. The summed E-state index contributed by atoms with van der Waals surface area (Å²) in [5, 5.41) is 7.48. The van der Waals surface area contributed by atoms with Crippen molar-refractivity contribution in [3.63, 3.8) is 0 Å². The summed E-state index contributed by atoms with van der Waals surface area (Å²) in [6.07, 6.45) is 2.80. The number of benzene rings is 2. The van der Waals surface area contributed by atoms with Crippen molar-refractivity contribution in [1.29, 1.82) is 0 Å². The van der Waals surface area contributed by atoms with Crippen LogP contribution in [0.3, 0.4) is 0 Å². The normalized spacial score (nSPS) is 18.5. The van der Waals surface area contributed by atoms with Crippen molar-refractivity contribution in [2.24, 2.45) is 5.92 Å². The van der Waals surface area contributed by atoms with E-state index >= 15 is 0 Å². The van der Waals surface area contributed by atoms with Crippen LogP contribution in [-0.4, -0.2) is 15.7 Å². The van der Waals surface area contributed by atoms with Gasteiger partial charge >= 0.3 is 0 Å². The Hall–Kier alpha value is -2.40. The van der Waals surface area contributed by atoms with Crippen LogP contribution in [0.1, 0.15) is 29.0 Å². The molecule has 1 N–H and O–H groups in total. The third kappa shape index (κ3) is 3.73. The summed E-state index contributed by atoms with van der Waals surface area (Å²) in [5.41, 5.74) is 3.65. The molecular formula is C21H20BrN3O. The van der Waals surface area contributed by atoms with E-state index < -0.39 is 0 Å². The number of amides is 1. The molecule has 1 fully saturated rings. The highest BCUT2D eigenvalue weighted by molar-refractivity contribution is 9.10. The summed E-state index contributed by atoms with van der Waals surface area (Å²) in [6, 6.07) is 18.6. The summed E-state index contributed by atoms with van der Waals surface area (Å²) in [5.74, 6) is 0.983. The van der Waals surface area contributed by atoms with Gasteiger partial charge in [0.25, 0.3) is 0 Å². The quantitative estimate of drug-likeness (QED) is 0.660.